The molecule has 14 heavy (non-hydrogen) atoms. The van der Waals surface area contributed by atoms with Crippen molar-refractivity contribution in [3.8, 4) is 0 Å². The molecular formula is C12H27NO. The lowest BCUT2D eigenvalue weighted by Crippen LogP contribution is -2.40. The minimum absolute atomic E-state index is 0.257. The van der Waals surface area contributed by atoms with Gasteiger partial charge in [0.15, 0.2) is 0 Å². The minimum atomic E-state index is 0.257. The molecule has 0 aliphatic carbocycles. The summed E-state index contributed by atoms with van der Waals surface area (Å²) in [5, 5.41) is 12.6. The van der Waals surface area contributed by atoms with Gasteiger partial charge in [-0.2, -0.15) is 0 Å². The third kappa shape index (κ3) is 5.61. The van der Waals surface area contributed by atoms with E-state index in [1.807, 2.05) is 0 Å². The first-order valence-corrected chi connectivity index (χ1v) is 6.04. The van der Waals surface area contributed by atoms with Gasteiger partial charge >= 0.3 is 0 Å². The van der Waals surface area contributed by atoms with Gasteiger partial charge in [0.1, 0.15) is 0 Å². The monoisotopic (exact) mass is 201 g/mol. The van der Waals surface area contributed by atoms with Crippen molar-refractivity contribution in [1.29, 1.82) is 0 Å². The quantitative estimate of drug-likeness (QED) is 0.632. The van der Waals surface area contributed by atoms with E-state index in [2.05, 4.69) is 33.0 Å². The fourth-order valence-electron chi connectivity index (χ4n) is 1.64. The summed E-state index contributed by atoms with van der Waals surface area (Å²) in [6.07, 6.45) is 4.63. The van der Waals surface area contributed by atoms with Crippen LogP contribution in [-0.4, -0.2) is 23.8 Å². The fraction of sp³-hybridized carbons (Fsp3) is 1.00. The van der Waals surface area contributed by atoms with E-state index < -0.39 is 0 Å². The van der Waals surface area contributed by atoms with Gasteiger partial charge in [0.25, 0.3) is 0 Å². The van der Waals surface area contributed by atoms with Crippen LogP contribution in [0.15, 0.2) is 0 Å². The van der Waals surface area contributed by atoms with Crippen molar-refractivity contribution < 1.29 is 5.11 Å². The van der Waals surface area contributed by atoms with Crippen LogP contribution in [0.1, 0.15) is 53.4 Å². The lowest BCUT2D eigenvalue weighted by Gasteiger charge is -2.25. The molecule has 0 aliphatic rings. The molecule has 0 heterocycles. The molecule has 0 aliphatic heterocycles. The van der Waals surface area contributed by atoms with Crippen molar-refractivity contribution >= 4 is 0 Å². The first-order chi connectivity index (χ1) is 6.67. The molecule has 2 N–H and O–H groups in total. The number of rotatable bonds is 8. The predicted octanol–water partition coefficient (Wildman–Crippen LogP) is 2.56. The van der Waals surface area contributed by atoms with Gasteiger partial charge < -0.3 is 10.4 Å². The number of aliphatic hydroxyl groups is 1. The Morgan fingerprint density at radius 1 is 1.00 bits per heavy atom. The third-order valence-electron chi connectivity index (χ3n) is 3.06. The second-order valence-electron chi connectivity index (χ2n) is 4.31. The van der Waals surface area contributed by atoms with Crippen LogP contribution in [0.5, 0.6) is 0 Å². The SMILES string of the molecule is CCC(C)CC(CC)NC(CC)CO. The molecule has 3 atom stereocenters. The van der Waals surface area contributed by atoms with E-state index in [0.29, 0.717) is 6.04 Å². The summed E-state index contributed by atoms with van der Waals surface area (Å²) in [7, 11) is 0. The largest absolute Gasteiger partial charge is 0.395 e. The normalized spacial score (nSPS) is 17.8. The summed E-state index contributed by atoms with van der Waals surface area (Å²) >= 11 is 0. The first-order valence-electron chi connectivity index (χ1n) is 6.04. The number of hydrogen-bond acceptors (Lipinski definition) is 2. The molecule has 0 bridgehead atoms. The molecule has 0 aromatic carbocycles. The summed E-state index contributed by atoms with van der Waals surface area (Å²) in [6, 6.07) is 0.853. The zero-order valence-corrected chi connectivity index (χ0v) is 10.2. The highest BCUT2D eigenvalue weighted by atomic mass is 16.3. The third-order valence-corrected chi connectivity index (χ3v) is 3.06. The Morgan fingerprint density at radius 3 is 1.93 bits per heavy atom. The highest BCUT2D eigenvalue weighted by Crippen LogP contribution is 2.12. The molecule has 0 radical (unpaired) electrons. The molecule has 2 nitrogen and oxygen atoms in total. The molecule has 0 amide bonds. The number of nitrogens with one attached hydrogen (secondary N) is 1. The Kier molecular flexibility index (Phi) is 8.20. The molecule has 3 unspecified atom stereocenters. The van der Waals surface area contributed by atoms with E-state index in [0.717, 1.165) is 18.8 Å². The summed E-state index contributed by atoms with van der Waals surface area (Å²) < 4.78 is 0. The van der Waals surface area contributed by atoms with E-state index in [1.165, 1.54) is 12.8 Å². The standard InChI is InChI=1S/C12H27NO/c1-5-10(4)8-11(6-2)13-12(7-3)9-14/h10-14H,5-9H2,1-4H3. The average molecular weight is 201 g/mol. The number of aliphatic hydroxyl groups excluding tert-OH is 1. The average Bonchev–Trinajstić information content (AvgIpc) is 2.23. The van der Waals surface area contributed by atoms with Crippen molar-refractivity contribution in [2.75, 3.05) is 6.61 Å². The van der Waals surface area contributed by atoms with Crippen LogP contribution in [0.25, 0.3) is 0 Å². The van der Waals surface area contributed by atoms with Gasteiger partial charge in [-0.25, -0.2) is 0 Å². The highest BCUT2D eigenvalue weighted by Gasteiger charge is 2.13. The summed E-state index contributed by atoms with van der Waals surface area (Å²) in [5.74, 6) is 0.781. The Labute approximate surface area is 89.1 Å². The molecule has 0 aromatic heterocycles. The van der Waals surface area contributed by atoms with Gasteiger partial charge in [0.05, 0.1) is 6.61 Å². The van der Waals surface area contributed by atoms with Gasteiger partial charge in [-0.1, -0.05) is 34.1 Å². The molecule has 0 saturated carbocycles. The molecule has 0 fully saturated rings. The Balaban J connectivity index is 3.88. The maximum Gasteiger partial charge on any atom is 0.0584 e. The van der Waals surface area contributed by atoms with Crippen molar-refractivity contribution in [2.24, 2.45) is 5.92 Å². The second kappa shape index (κ2) is 8.25. The van der Waals surface area contributed by atoms with Crippen molar-refractivity contribution in [1.82, 2.24) is 5.32 Å². The molecule has 2 heteroatoms. The van der Waals surface area contributed by atoms with Gasteiger partial charge in [-0.05, 0) is 25.2 Å². The fourth-order valence-corrected chi connectivity index (χ4v) is 1.64. The van der Waals surface area contributed by atoms with E-state index >= 15 is 0 Å². The Hall–Kier alpha value is -0.0800. The zero-order valence-electron chi connectivity index (χ0n) is 10.2. The smallest absolute Gasteiger partial charge is 0.0584 e. The Morgan fingerprint density at radius 2 is 1.57 bits per heavy atom. The lowest BCUT2D eigenvalue weighted by atomic mass is 9.97. The molecule has 86 valence electrons. The highest BCUT2D eigenvalue weighted by molar-refractivity contribution is 4.73. The van der Waals surface area contributed by atoms with E-state index in [4.69, 9.17) is 5.11 Å². The molecule has 0 saturated heterocycles. The van der Waals surface area contributed by atoms with Crippen LogP contribution in [0.3, 0.4) is 0 Å². The van der Waals surface area contributed by atoms with Gasteiger partial charge in [-0.3, -0.25) is 0 Å². The van der Waals surface area contributed by atoms with Gasteiger partial charge in [-0.15, -0.1) is 0 Å². The van der Waals surface area contributed by atoms with Crippen LogP contribution < -0.4 is 5.32 Å². The summed E-state index contributed by atoms with van der Waals surface area (Å²) in [4.78, 5) is 0. The molecular weight excluding hydrogens is 174 g/mol. The summed E-state index contributed by atoms with van der Waals surface area (Å²) in [6.45, 7) is 9.12. The lowest BCUT2D eigenvalue weighted by molar-refractivity contribution is 0.218. The van der Waals surface area contributed by atoms with Crippen LogP contribution >= 0.6 is 0 Å². The van der Waals surface area contributed by atoms with Gasteiger partial charge in [0, 0.05) is 12.1 Å². The zero-order chi connectivity index (χ0) is 11.0. The van der Waals surface area contributed by atoms with Crippen LogP contribution in [0, 0.1) is 5.92 Å². The maximum absolute atomic E-state index is 9.10. The van der Waals surface area contributed by atoms with Crippen molar-refractivity contribution in [3.05, 3.63) is 0 Å². The molecule has 0 spiro atoms. The predicted molar refractivity (Wildman–Crippen MR) is 62.5 cm³/mol. The Bertz CT molecular complexity index is 123. The number of hydrogen-bond donors (Lipinski definition) is 2. The second-order valence-corrected chi connectivity index (χ2v) is 4.31. The van der Waals surface area contributed by atoms with Gasteiger partial charge in [0.2, 0.25) is 0 Å². The van der Waals surface area contributed by atoms with Crippen molar-refractivity contribution in [3.63, 3.8) is 0 Å². The van der Waals surface area contributed by atoms with Crippen LogP contribution in [-0.2, 0) is 0 Å². The molecule has 0 rings (SSSR count). The first kappa shape index (κ1) is 13.9. The van der Waals surface area contributed by atoms with E-state index in [-0.39, 0.29) is 12.6 Å². The maximum atomic E-state index is 9.10. The van der Waals surface area contributed by atoms with E-state index in [9.17, 15) is 0 Å². The molecule has 0 aromatic rings. The minimum Gasteiger partial charge on any atom is -0.395 e. The summed E-state index contributed by atoms with van der Waals surface area (Å²) in [5.41, 5.74) is 0. The van der Waals surface area contributed by atoms with Crippen LogP contribution in [0.2, 0.25) is 0 Å². The van der Waals surface area contributed by atoms with Crippen LogP contribution in [0.4, 0.5) is 0 Å². The van der Waals surface area contributed by atoms with E-state index in [1.54, 1.807) is 0 Å². The topological polar surface area (TPSA) is 32.3 Å². The van der Waals surface area contributed by atoms with Crippen molar-refractivity contribution in [2.45, 2.75) is 65.5 Å².